The molecule has 5 nitrogen and oxygen atoms in total. The van der Waals surface area contributed by atoms with Crippen molar-refractivity contribution in [1.82, 2.24) is 4.90 Å². The van der Waals surface area contributed by atoms with Crippen molar-refractivity contribution in [3.05, 3.63) is 28.8 Å². The van der Waals surface area contributed by atoms with Crippen molar-refractivity contribution in [3.8, 4) is 0 Å². The molecule has 6 heteroatoms. The Morgan fingerprint density at radius 2 is 2.04 bits per heavy atom. The highest BCUT2D eigenvalue weighted by atomic mass is 35.5. The maximum atomic E-state index is 12.6. The average molecular weight is 365 g/mol. The quantitative estimate of drug-likeness (QED) is 0.658. The highest BCUT2D eigenvalue weighted by molar-refractivity contribution is 6.31. The van der Waals surface area contributed by atoms with Gasteiger partial charge in [0.05, 0.1) is 5.56 Å². The smallest absolute Gasteiger partial charge is 0.340 e. The molecule has 0 unspecified atom stereocenters. The molecule has 2 N–H and O–H groups in total. The third-order valence-corrected chi connectivity index (χ3v) is 5.53. The molecule has 3 rings (SSSR count). The van der Waals surface area contributed by atoms with Crippen molar-refractivity contribution in [2.24, 2.45) is 10.8 Å². The number of nitrogens with zero attached hydrogens (tertiary/aromatic N) is 1. The number of amides is 1. The lowest BCUT2D eigenvalue weighted by atomic mass is 9.65. The maximum absolute atomic E-state index is 12.6. The lowest BCUT2D eigenvalue weighted by molar-refractivity contribution is -0.135. The molecular formula is C19H25ClN2O3. The fraction of sp³-hybridized carbons (Fsp3) is 0.579. The number of ether oxygens (including phenoxy) is 1. The monoisotopic (exact) mass is 364 g/mol. The number of anilines is 1. The second-order valence-electron chi connectivity index (χ2n) is 8.54. The minimum atomic E-state index is -0.601. The van der Waals surface area contributed by atoms with Crippen LogP contribution in [0.4, 0.5) is 5.69 Å². The van der Waals surface area contributed by atoms with Crippen LogP contribution in [0.2, 0.25) is 5.02 Å². The highest BCUT2D eigenvalue weighted by Crippen LogP contribution is 2.52. The third-order valence-electron chi connectivity index (χ3n) is 5.30. The molecule has 2 aliphatic rings. The molecule has 2 bridgehead atoms. The summed E-state index contributed by atoms with van der Waals surface area (Å²) in [6, 6.07) is 4.81. The summed E-state index contributed by atoms with van der Waals surface area (Å²) >= 11 is 5.83. The Balaban J connectivity index is 1.62. The number of fused-ring (bicyclic) bond motifs is 2. The van der Waals surface area contributed by atoms with Crippen LogP contribution >= 0.6 is 11.6 Å². The number of esters is 1. The number of nitrogen functional groups attached to an aromatic ring is 1. The Labute approximate surface area is 153 Å². The van der Waals surface area contributed by atoms with Gasteiger partial charge < -0.3 is 15.4 Å². The Morgan fingerprint density at radius 3 is 2.72 bits per heavy atom. The average Bonchev–Trinajstić information content (AvgIpc) is 2.73. The van der Waals surface area contributed by atoms with Gasteiger partial charge in [0, 0.05) is 23.3 Å². The van der Waals surface area contributed by atoms with Crippen molar-refractivity contribution >= 4 is 29.2 Å². The first-order chi connectivity index (χ1) is 11.6. The van der Waals surface area contributed by atoms with Crippen molar-refractivity contribution in [3.63, 3.8) is 0 Å². The summed E-state index contributed by atoms with van der Waals surface area (Å²) in [6.45, 7) is 7.24. The minimum absolute atomic E-state index is 0.132. The van der Waals surface area contributed by atoms with Gasteiger partial charge in [0.25, 0.3) is 5.91 Å². The van der Waals surface area contributed by atoms with E-state index < -0.39 is 5.97 Å². The van der Waals surface area contributed by atoms with Crippen LogP contribution in [0.5, 0.6) is 0 Å². The number of nitrogens with two attached hydrogens (primary N) is 1. The lowest BCUT2D eigenvalue weighted by Crippen LogP contribution is -2.39. The molecule has 1 aliphatic carbocycles. The van der Waals surface area contributed by atoms with Gasteiger partial charge in [0.2, 0.25) is 0 Å². The number of hydrogen-bond acceptors (Lipinski definition) is 4. The van der Waals surface area contributed by atoms with E-state index in [-0.39, 0.29) is 40.6 Å². The Bertz CT molecular complexity index is 719. The van der Waals surface area contributed by atoms with E-state index in [0.717, 1.165) is 25.8 Å². The molecule has 1 saturated carbocycles. The third kappa shape index (κ3) is 3.76. The van der Waals surface area contributed by atoms with Gasteiger partial charge in [-0.3, -0.25) is 4.79 Å². The summed E-state index contributed by atoms with van der Waals surface area (Å²) in [5, 5.41) is 0.449. The zero-order valence-electron chi connectivity index (χ0n) is 15.0. The van der Waals surface area contributed by atoms with E-state index in [1.807, 2.05) is 4.90 Å². The summed E-state index contributed by atoms with van der Waals surface area (Å²) in [5.41, 5.74) is 6.66. The zero-order valence-corrected chi connectivity index (χ0v) is 15.7. The lowest BCUT2D eigenvalue weighted by Gasteiger charge is -2.39. The molecule has 136 valence electrons. The summed E-state index contributed by atoms with van der Waals surface area (Å²) in [6.07, 6.45) is 3.13. The largest absolute Gasteiger partial charge is 0.452 e. The Hall–Kier alpha value is -1.75. The molecule has 1 heterocycles. The van der Waals surface area contributed by atoms with Crippen LogP contribution in [0.1, 0.15) is 50.4 Å². The van der Waals surface area contributed by atoms with E-state index in [9.17, 15) is 9.59 Å². The van der Waals surface area contributed by atoms with Gasteiger partial charge in [-0.05, 0) is 48.3 Å². The molecule has 1 saturated heterocycles. The van der Waals surface area contributed by atoms with E-state index in [1.165, 1.54) is 12.1 Å². The number of rotatable bonds is 3. The zero-order chi connectivity index (χ0) is 18.4. The first kappa shape index (κ1) is 18.1. The summed E-state index contributed by atoms with van der Waals surface area (Å²) in [4.78, 5) is 26.7. The van der Waals surface area contributed by atoms with Crippen LogP contribution in [-0.4, -0.2) is 36.0 Å². The second-order valence-corrected chi connectivity index (χ2v) is 8.98. The van der Waals surface area contributed by atoms with Crippen molar-refractivity contribution in [1.29, 1.82) is 0 Å². The van der Waals surface area contributed by atoms with Crippen molar-refractivity contribution in [2.75, 3.05) is 18.9 Å². The number of benzene rings is 1. The van der Waals surface area contributed by atoms with E-state index >= 15 is 0 Å². The molecule has 0 aromatic heterocycles. The molecular weight excluding hydrogens is 340 g/mol. The predicted octanol–water partition coefficient (Wildman–Crippen LogP) is 3.51. The number of likely N-dealkylation sites (tertiary alicyclic amines) is 1. The molecule has 25 heavy (non-hydrogen) atoms. The van der Waals surface area contributed by atoms with Crippen molar-refractivity contribution in [2.45, 2.75) is 46.1 Å². The molecule has 2 atom stereocenters. The van der Waals surface area contributed by atoms with Gasteiger partial charge in [0.15, 0.2) is 6.61 Å². The molecule has 0 spiro atoms. The molecule has 2 fully saturated rings. The van der Waals surface area contributed by atoms with Gasteiger partial charge in [-0.1, -0.05) is 32.4 Å². The Kier molecular flexibility index (Phi) is 4.48. The Morgan fingerprint density at radius 1 is 1.32 bits per heavy atom. The van der Waals surface area contributed by atoms with E-state index in [4.69, 9.17) is 22.1 Å². The number of carbonyl (C=O) groups is 2. The molecule has 1 aromatic rings. The van der Waals surface area contributed by atoms with Crippen LogP contribution in [-0.2, 0) is 9.53 Å². The van der Waals surface area contributed by atoms with Crippen LogP contribution in [0.15, 0.2) is 18.2 Å². The predicted molar refractivity (Wildman–Crippen MR) is 97.4 cm³/mol. The normalized spacial score (nSPS) is 27.2. The number of halogens is 1. The standard InChI is InChI=1S/C19H25ClN2O3/c1-18(2)7-13-8-19(3,10-18)11-22(13)16(23)9-25-17(24)14-5-4-12(20)6-15(14)21/h4-6,13H,7-11,21H2,1-3H3/t13-,19-/m1/s1. The fourth-order valence-corrected chi connectivity index (χ4v) is 4.94. The van der Waals surface area contributed by atoms with E-state index in [2.05, 4.69) is 20.8 Å². The van der Waals surface area contributed by atoms with E-state index in [0.29, 0.717) is 5.02 Å². The SMILES string of the molecule is CC1(C)C[C@@H]2C[C@@](C)(CN2C(=O)COC(=O)c2ccc(Cl)cc2N)C1. The van der Waals surface area contributed by atoms with Crippen molar-refractivity contribution < 1.29 is 14.3 Å². The topological polar surface area (TPSA) is 72.6 Å². The summed E-state index contributed by atoms with van der Waals surface area (Å²) in [5.74, 6) is -0.733. The molecule has 1 aliphatic heterocycles. The number of carbonyl (C=O) groups excluding carboxylic acids is 2. The van der Waals surface area contributed by atoms with Crippen LogP contribution in [0, 0.1) is 10.8 Å². The molecule has 1 aromatic carbocycles. The van der Waals surface area contributed by atoms with E-state index in [1.54, 1.807) is 6.07 Å². The van der Waals surface area contributed by atoms with Crippen LogP contribution in [0.3, 0.4) is 0 Å². The first-order valence-corrected chi connectivity index (χ1v) is 8.98. The molecule has 0 radical (unpaired) electrons. The summed E-state index contributed by atoms with van der Waals surface area (Å²) < 4.78 is 5.20. The summed E-state index contributed by atoms with van der Waals surface area (Å²) in [7, 11) is 0. The van der Waals surface area contributed by atoms with Crippen LogP contribution < -0.4 is 5.73 Å². The van der Waals surface area contributed by atoms with Gasteiger partial charge in [-0.15, -0.1) is 0 Å². The van der Waals surface area contributed by atoms with Crippen LogP contribution in [0.25, 0.3) is 0 Å². The van der Waals surface area contributed by atoms with Gasteiger partial charge in [-0.2, -0.15) is 0 Å². The fourth-order valence-electron chi connectivity index (χ4n) is 4.76. The molecule has 1 amide bonds. The first-order valence-electron chi connectivity index (χ1n) is 8.60. The number of hydrogen-bond donors (Lipinski definition) is 1. The van der Waals surface area contributed by atoms with Gasteiger partial charge >= 0.3 is 5.97 Å². The second kappa shape index (κ2) is 6.20. The minimum Gasteiger partial charge on any atom is -0.452 e. The maximum Gasteiger partial charge on any atom is 0.340 e. The van der Waals surface area contributed by atoms with Gasteiger partial charge in [-0.25, -0.2) is 4.79 Å². The van der Waals surface area contributed by atoms with Gasteiger partial charge in [0.1, 0.15) is 0 Å². The highest BCUT2D eigenvalue weighted by Gasteiger charge is 2.50.